The van der Waals surface area contributed by atoms with Crippen molar-refractivity contribution < 1.29 is 18.5 Å². The van der Waals surface area contributed by atoms with Gasteiger partial charge in [0.25, 0.3) is 0 Å². The summed E-state index contributed by atoms with van der Waals surface area (Å²) in [6.07, 6.45) is 5.72. The molecule has 2 aromatic heterocycles. The van der Waals surface area contributed by atoms with E-state index in [9.17, 15) is 4.79 Å². The monoisotopic (exact) mass is 319 g/mol. The Morgan fingerprint density at radius 1 is 1.43 bits per heavy atom. The van der Waals surface area contributed by atoms with E-state index < -0.39 is 0 Å². The number of hydrogen-bond donors (Lipinski definition) is 1. The van der Waals surface area contributed by atoms with Crippen molar-refractivity contribution in [2.75, 3.05) is 19.8 Å². The minimum Gasteiger partial charge on any atom is -0.461 e. The number of hydrogen-bond acceptors (Lipinski definition) is 6. The Morgan fingerprint density at radius 3 is 3.13 bits per heavy atom. The Kier molecular flexibility index (Phi) is 5.42. The molecule has 1 saturated carbocycles. The highest BCUT2D eigenvalue weighted by Gasteiger charge is 2.20. The van der Waals surface area contributed by atoms with E-state index in [0.717, 1.165) is 18.9 Å². The van der Waals surface area contributed by atoms with Crippen LogP contribution in [-0.2, 0) is 16.0 Å². The van der Waals surface area contributed by atoms with Gasteiger partial charge in [0, 0.05) is 32.6 Å². The third-order valence-electron chi connectivity index (χ3n) is 3.61. The molecule has 0 spiro atoms. The van der Waals surface area contributed by atoms with Crippen LogP contribution in [-0.4, -0.2) is 35.8 Å². The lowest BCUT2D eigenvalue weighted by Gasteiger charge is -2.05. The number of amides is 1. The van der Waals surface area contributed by atoms with Crippen molar-refractivity contribution in [3.63, 3.8) is 0 Å². The van der Waals surface area contributed by atoms with Gasteiger partial charge in [-0.05, 0) is 37.3 Å². The van der Waals surface area contributed by atoms with Gasteiger partial charge in [0.15, 0.2) is 5.76 Å². The molecular weight excluding hydrogens is 298 g/mol. The van der Waals surface area contributed by atoms with E-state index in [-0.39, 0.29) is 5.91 Å². The second kappa shape index (κ2) is 7.92. The van der Waals surface area contributed by atoms with Crippen LogP contribution in [0.15, 0.2) is 27.3 Å². The van der Waals surface area contributed by atoms with E-state index in [4.69, 9.17) is 13.7 Å². The standard InChI is InChI=1S/C16H21N3O4/c20-14(17-8-2-9-21-11-12-4-5-12)6-7-15-18-16(19-23-15)13-3-1-10-22-13/h1,3,10,12H,2,4-9,11H2,(H,17,20). The molecule has 1 N–H and O–H groups in total. The van der Waals surface area contributed by atoms with Crippen molar-refractivity contribution in [3.8, 4) is 11.6 Å². The van der Waals surface area contributed by atoms with Gasteiger partial charge in [0.1, 0.15) is 0 Å². The van der Waals surface area contributed by atoms with E-state index in [1.807, 2.05) is 0 Å². The van der Waals surface area contributed by atoms with Crippen LogP contribution < -0.4 is 5.32 Å². The predicted molar refractivity (Wildman–Crippen MR) is 81.5 cm³/mol. The fourth-order valence-corrected chi connectivity index (χ4v) is 2.11. The fraction of sp³-hybridized carbons (Fsp3) is 0.562. The second-order valence-corrected chi connectivity index (χ2v) is 5.71. The molecular formula is C16H21N3O4. The van der Waals surface area contributed by atoms with Crippen molar-refractivity contribution in [3.05, 3.63) is 24.3 Å². The maximum atomic E-state index is 11.7. The van der Waals surface area contributed by atoms with Crippen molar-refractivity contribution in [1.82, 2.24) is 15.5 Å². The van der Waals surface area contributed by atoms with Gasteiger partial charge in [-0.1, -0.05) is 5.16 Å². The lowest BCUT2D eigenvalue weighted by Crippen LogP contribution is -2.25. The zero-order valence-corrected chi connectivity index (χ0v) is 13.0. The van der Waals surface area contributed by atoms with Crippen LogP contribution in [0, 0.1) is 5.92 Å². The average molecular weight is 319 g/mol. The molecule has 0 radical (unpaired) electrons. The van der Waals surface area contributed by atoms with Crippen LogP contribution in [0.4, 0.5) is 0 Å². The number of aryl methyl sites for hydroxylation is 1. The Hall–Kier alpha value is -2.15. The highest BCUT2D eigenvalue weighted by atomic mass is 16.5. The number of nitrogens with zero attached hydrogens (tertiary/aromatic N) is 2. The van der Waals surface area contributed by atoms with E-state index in [0.29, 0.717) is 43.5 Å². The van der Waals surface area contributed by atoms with Gasteiger partial charge in [-0.25, -0.2) is 0 Å². The topological polar surface area (TPSA) is 90.4 Å². The summed E-state index contributed by atoms with van der Waals surface area (Å²) in [5, 5.41) is 6.69. The molecule has 1 aliphatic rings. The molecule has 7 nitrogen and oxygen atoms in total. The van der Waals surface area contributed by atoms with Crippen LogP contribution in [0.3, 0.4) is 0 Å². The Labute approximate surface area is 134 Å². The van der Waals surface area contributed by atoms with Crippen LogP contribution >= 0.6 is 0 Å². The first-order valence-corrected chi connectivity index (χ1v) is 8.02. The molecule has 0 aliphatic heterocycles. The van der Waals surface area contributed by atoms with Crippen molar-refractivity contribution in [2.24, 2.45) is 5.92 Å². The maximum Gasteiger partial charge on any atom is 0.238 e. The summed E-state index contributed by atoms with van der Waals surface area (Å²) in [6, 6.07) is 3.51. The number of aromatic nitrogens is 2. The summed E-state index contributed by atoms with van der Waals surface area (Å²) in [6.45, 7) is 2.20. The summed E-state index contributed by atoms with van der Waals surface area (Å²) < 4.78 is 15.8. The number of furan rings is 1. The average Bonchev–Trinajstić information content (AvgIpc) is 3.04. The molecule has 0 bridgehead atoms. The highest BCUT2D eigenvalue weighted by molar-refractivity contribution is 5.75. The highest BCUT2D eigenvalue weighted by Crippen LogP contribution is 2.28. The van der Waals surface area contributed by atoms with E-state index in [1.165, 1.54) is 12.8 Å². The van der Waals surface area contributed by atoms with Gasteiger partial charge in [0.2, 0.25) is 17.6 Å². The molecule has 23 heavy (non-hydrogen) atoms. The Bertz CT molecular complexity index is 605. The summed E-state index contributed by atoms with van der Waals surface area (Å²) in [7, 11) is 0. The lowest BCUT2D eigenvalue weighted by atomic mass is 10.3. The fourth-order valence-electron chi connectivity index (χ4n) is 2.11. The lowest BCUT2D eigenvalue weighted by molar-refractivity contribution is -0.121. The van der Waals surface area contributed by atoms with Crippen molar-refractivity contribution in [2.45, 2.75) is 32.1 Å². The quantitative estimate of drug-likeness (QED) is 0.675. The van der Waals surface area contributed by atoms with Gasteiger partial charge in [-0.15, -0.1) is 0 Å². The molecule has 3 rings (SSSR count). The Morgan fingerprint density at radius 2 is 2.35 bits per heavy atom. The smallest absolute Gasteiger partial charge is 0.238 e. The van der Waals surface area contributed by atoms with Crippen molar-refractivity contribution >= 4 is 5.91 Å². The van der Waals surface area contributed by atoms with Crippen LogP contribution in [0.25, 0.3) is 11.6 Å². The number of nitrogens with one attached hydrogen (secondary N) is 1. The maximum absolute atomic E-state index is 11.7. The van der Waals surface area contributed by atoms with Gasteiger partial charge < -0.3 is 19.0 Å². The van der Waals surface area contributed by atoms with Gasteiger partial charge in [-0.2, -0.15) is 4.98 Å². The summed E-state index contributed by atoms with van der Waals surface area (Å²) in [5.41, 5.74) is 0. The molecule has 1 amide bonds. The molecule has 0 saturated heterocycles. The molecule has 2 aromatic rings. The van der Waals surface area contributed by atoms with Gasteiger partial charge in [0.05, 0.1) is 6.26 Å². The number of carbonyl (C=O) groups excluding carboxylic acids is 1. The SMILES string of the molecule is O=C(CCc1nc(-c2ccco2)no1)NCCCOCC1CC1. The summed E-state index contributed by atoms with van der Waals surface area (Å²) in [5.74, 6) is 2.14. The first kappa shape index (κ1) is 15.7. The molecule has 0 unspecified atom stereocenters. The molecule has 1 aliphatic carbocycles. The third-order valence-corrected chi connectivity index (χ3v) is 3.61. The van der Waals surface area contributed by atoms with Crippen molar-refractivity contribution in [1.29, 1.82) is 0 Å². The number of ether oxygens (including phenoxy) is 1. The first-order chi connectivity index (χ1) is 11.3. The molecule has 0 aromatic carbocycles. The molecule has 124 valence electrons. The largest absolute Gasteiger partial charge is 0.461 e. The zero-order chi connectivity index (χ0) is 15.9. The molecule has 0 atom stereocenters. The normalized spacial score (nSPS) is 14.1. The van der Waals surface area contributed by atoms with Gasteiger partial charge >= 0.3 is 0 Å². The van der Waals surface area contributed by atoms with Gasteiger partial charge in [-0.3, -0.25) is 4.79 Å². The first-order valence-electron chi connectivity index (χ1n) is 8.02. The predicted octanol–water partition coefficient (Wildman–Crippen LogP) is 2.20. The van der Waals surface area contributed by atoms with E-state index in [1.54, 1.807) is 18.4 Å². The minimum atomic E-state index is -0.0232. The molecule has 7 heteroatoms. The second-order valence-electron chi connectivity index (χ2n) is 5.71. The summed E-state index contributed by atoms with van der Waals surface area (Å²) in [4.78, 5) is 15.9. The van der Waals surface area contributed by atoms with Crippen LogP contribution in [0.2, 0.25) is 0 Å². The summed E-state index contributed by atoms with van der Waals surface area (Å²) >= 11 is 0. The van der Waals surface area contributed by atoms with Crippen LogP contribution in [0.1, 0.15) is 31.6 Å². The number of rotatable bonds is 10. The van der Waals surface area contributed by atoms with Crippen LogP contribution in [0.5, 0.6) is 0 Å². The Balaban J connectivity index is 1.28. The third kappa shape index (κ3) is 5.21. The molecule has 2 heterocycles. The number of carbonyl (C=O) groups is 1. The van der Waals surface area contributed by atoms with E-state index >= 15 is 0 Å². The van der Waals surface area contributed by atoms with E-state index in [2.05, 4.69) is 15.5 Å². The molecule has 1 fully saturated rings. The minimum absolute atomic E-state index is 0.0232. The zero-order valence-electron chi connectivity index (χ0n) is 13.0.